The standard InChI is InChI=1S/C26H27FN2O3S/c1-25-16-19-17-28-29(22-9-7-21(27)8-10-22)23(19)15-20(25)12-14-26(25,30)13-11-18-5-3-4-6-24(18)33(2,31)32/h3-10,15,17,30H,11-14,16H2,1-2H3/t25?,26-/m0/s1. The first-order valence-corrected chi connectivity index (χ1v) is 13.0. The Balaban J connectivity index is 1.44. The van der Waals surface area contributed by atoms with Gasteiger partial charge in [-0.3, -0.25) is 0 Å². The Bertz CT molecular complexity index is 1360. The van der Waals surface area contributed by atoms with Gasteiger partial charge in [0.1, 0.15) is 5.82 Å². The number of hydrogen-bond donors (Lipinski definition) is 1. The number of rotatable bonds is 5. The molecule has 7 heteroatoms. The number of aliphatic hydroxyl groups is 1. The van der Waals surface area contributed by atoms with Gasteiger partial charge in [-0.1, -0.05) is 30.7 Å². The molecule has 1 heterocycles. The van der Waals surface area contributed by atoms with Crippen molar-refractivity contribution < 1.29 is 17.9 Å². The number of sulfone groups is 1. The van der Waals surface area contributed by atoms with Crippen LogP contribution in [0.1, 0.15) is 43.0 Å². The molecule has 1 unspecified atom stereocenters. The van der Waals surface area contributed by atoms with E-state index in [1.165, 1.54) is 24.0 Å². The van der Waals surface area contributed by atoms with Gasteiger partial charge in [0, 0.05) is 11.7 Å². The lowest BCUT2D eigenvalue weighted by Crippen LogP contribution is -2.45. The van der Waals surface area contributed by atoms with Crippen LogP contribution in [-0.2, 0) is 22.7 Å². The highest BCUT2D eigenvalue weighted by Gasteiger charge is 2.54. The molecule has 5 rings (SSSR count). The second-order valence-corrected chi connectivity index (χ2v) is 11.5. The zero-order chi connectivity index (χ0) is 23.4. The van der Waals surface area contributed by atoms with E-state index in [2.05, 4.69) is 18.1 Å². The van der Waals surface area contributed by atoms with E-state index < -0.39 is 20.9 Å². The van der Waals surface area contributed by atoms with Crippen molar-refractivity contribution in [3.05, 3.63) is 82.9 Å². The van der Waals surface area contributed by atoms with Crippen LogP contribution in [-0.4, -0.2) is 35.2 Å². The molecule has 2 aliphatic carbocycles. The van der Waals surface area contributed by atoms with E-state index in [0.29, 0.717) is 30.6 Å². The van der Waals surface area contributed by atoms with Crippen LogP contribution in [0.2, 0.25) is 0 Å². The van der Waals surface area contributed by atoms with Crippen LogP contribution in [0.15, 0.2) is 65.2 Å². The monoisotopic (exact) mass is 466 g/mol. The fourth-order valence-corrected chi connectivity index (χ4v) is 6.50. The SMILES string of the molecule is CC12Cc3cnn(-c4ccc(F)cc4)c3C=C1CC[C@@]2(O)CCc1ccccc1S(C)(=O)=O. The largest absolute Gasteiger partial charge is 0.389 e. The number of hydrogen-bond acceptors (Lipinski definition) is 4. The third-order valence-corrected chi connectivity index (χ3v) is 8.73. The number of fused-ring (bicyclic) bond motifs is 2. The van der Waals surface area contributed by atoms with E-state index in [-0.39, 0.29) is 5.82 Å². The third kappa shape index (κ3) is 3.63. The Hall–Kier alpha value is -2.77. The summed E-state index contributed by atoms with van der Waals surface area (Å²) >= 11 is 0. The highest BCUT2D eigenvalue weighted by Crippen LogP contribution is 2.56. The predicted molar refractivity (Wildman–Crippen MR) is 125 cm³/mol. The van der Waals surface area contributed by atoms with E-state index in [1.807, 2.05) is 23.0 Å². The van der Waals surface area contributed by atoms with Gasteiger partial charge in [0.2, 0.25) is 0 Å². The Labute approximate surface area is 193 Å². The summed E-state index contributed by atoms with van der Waals surface area (Å²) in [6.45, 7) is 2.10. The molecular weight excluding hydrogens is 439 g/mol. The van der Waals surface area contributed by atoms with Gasteiger partial charge in [-0.05, 0) is 79.6 Å². The van der Waals surface area contributed by atoms with Crippen molar-refractivity contribution in [1.29, 1.82) is 0 Å². The maximum absolute atomic E-state index is 13.4. The molecule has 1 saturated carbocycles. The molecule has 0 amide bonds. The average Bonchev–Trinajstić information content (AvgIpc) is 3.29. The summed E-state index contributed by atoms with van der Waals surface area (Å²) in [5.74, 6) is -0.288. The quantitative estimate of drug-likeness (QED) is 0.600. The smallest absolute Gasteiger partial charge is 0.175 e. The predicted octanol–water partition coefficient (Wildman–Crippen LogP) is 4.52. The topological polar surface area (TPSA) is 72.2 Å². The first-order chi connectivity index (χ1) is 15.6. The van der Waals surface area contributed by atoms with Crippen molar-refractivity contribution >= 4 is 15.9 Å². The number of aromatic nitrogens is 2. The fourth-order valence-electron chi connectivity index (χ4n) is 5.53. The summed E-state index contributed by atoms with van der Waals surface area (Å²) in [6, 6.07) is 13.3. The van der Waals surface area contributed by atoms with Crippen molar-refractivity contribution in [2.75, 3.05) is 6.26 Å². The molecule has 1 aromatic heterocycles. The van der Waals surface area contributed by atoms with Crippen LogP contribution < -0.4 is 0 Å². The van der Waals surface area contributed by atoms with Gasteiger partial charge in [0.25, 0.3) is 0 Å². The van der Waals surface area contributed by atoms with Gasteiger partial charge in [0.05, 0.1) is 28.1 Å². The maximum Gasteiger partial charge on any atom is 0.175 e. The molecule has 172 valence electrons. The van der Waals surface area contributed by atoms with Crippen LogP contribution in [0.4, 0.5) is 4.39 Å². The van der Waals surface area contributed by atoms with Crippen molar-refractivity contribution in [2.24, 2.45) is 5.41 Å². The van der Waals surface area contributed by atoms with Crippen molar-refractivity contribution in [3.63, 3.8) is 0 Å². The second kappa shape index (κ2) is 7.64. The van der Waals surface area contributed by atoms with Crippen molar-refractivity contribution in [3.8, 4) is 5.69 Å². The van der Waals surface area contributed by atoms with E-state index >= 15 is 0 Å². The second-order valence-electron chi connectivity index (χ2n) is 9.53. The van der Waals surface area contributed by atoms with Crippen molar-refractivity contribution in [1.82, 2.24) is 9.78 Å². The Morgan fingerprint density at radius 3 is 2.61 bits per heavy atom. The number of benzene rings is 2. The molecular formula is C26H27FN2O3S. The summed E-state index contributed by atoms with van der Waals surface area (Å²) in [5, 5.41) is 16.4. The molecule has 0 aliphatic heterocycles. The molecule has 0 spiro atoms. The van der Waals surface area contributed by atoms with Crippen LogP contribution in [0.25, 0.3) is 11.8 Å². The molecule has 0 saturated heterocycles. The highest BCUT2D eigenvalue weighted by atomic mass is 32.2. The van der Waals surface area contributed by atoms with Gasteiger partial charge in [-0.25, -0.2) is 17.5 Å². The Kier molecular flexibility index (Phi) is 5.10. The summed E-state index contributed by atoms with van der Waals surface area (Å²) in [7, 11) is -3.33. The zero-order valence-corrected chi connectivity index (χ0v) is 19.6. The van der Waals surface area contributed by atoms with Crippen molar-refractivity contribution in [2.45, 2.75) is 49.5 Å². The number of halogens is 1. The average molecular weight is 467 g/mol. The van der Waals surface area contributed by atoms with Crippen LogP contribution >= 0.6 is 0 Å². The molecule has 0 radical (unpaired) electrons. The molecule has 1 fully saturated rings. The minimum absolute atomic E-state index is 0.288. The maximum atomic E-state index is 13.4. The lowest BCUT2D eigenvalue weighted by molar-refractivity contribution is -0.0462. The Morgan fingerprint density at radius 1 is 1.15 bits per heavy atom. The summed E-state index contributed by atoms with van der Waals surface area (Å²) < 4.78 is 39.6. The van der Waals surface area contributed by atoms with Crippen LogP contribution in [0.3, 0.4) is 0 Å². The minimum atomic E-state index is -3.33. The molecule has 5 nitrogen and oxygen atoms in total. The van der Waals surface area contributed by atoms with Gasteiger partial charge in [0.15, 0.2) is 9.84 Å². The van der Waals surface area contributed by atoms with E-state index in [4.69, 9.17) is 0 Å². The third-order valence-electron chi connectivity index (χ3n) is 7.54. The first-order valence-electron chi connectivity index (χ1n) is 11.1. The summed E-state index contributed by atoms with van der Waals surface area (Å²) in [5.41, 5.74) is 3.34. The first kappa shape index (κ1) is 22.0. The van der Waals surface area contributed by atoms with Gasteiger partial charge >= 0.3 is 0 Å². The van der Waals surface area contributed by atoms with E-state index in [9.17, 15) is 17.9 Å². The molecule has 0 bridgehead atoms. The van der Waals surface area contributed by atoms with Gasteiger partial charge in [-0.2, -0.15) is 5.10 Å². The molecule has 2 aliphatic rings. The summed E-state index contributed by atoms with van der Waals surface area (Å²) in [6.07, 6.45) is 8.20. The molecule has 3 aromatic rings. The van der Waals surface area contributed by atoms with E-state index in [1.54, 1.807) is 24.3 Å². The molecule has 33 heavy (non-hydrogen) atoms. The Morgan fingerprint density at radius 2 is 1.88 bits per heavy atom. The fraction of sp³-hybridized carbons (Fsp3) is 0.346. The lowest BCUT2D eigenvalue weighted by Gasteiger charge is -2.42. The van der Waals surface area contributed by atoms with Gasteiger partial charge in [-0.15, -0.1) is 0 Å². The normalized spacial score (nSPS) is 24.3. The minimum Gasteiger partial charge on any atom is -0.389 e. The van der Waals surface area contributed by atoms with E-state index in [0.717, 1.165) is 28.9 Å². The number of nitrogens with zero attached hydrogens (tertiary/aromatic N) is 2. The lowest BCUT2D eigenvalue weighted by atomic mass is 9.65. The van der Waals surface area contributed by atoms with Crippen LogP contribution in [0, 0.1) is 11.2 Å². The molecule has 2 aromatic carbocycles. The zero-order valence-electron chi connectivity index (χ0n) is 18.8. The van der Waals surface area contributed by atoms with Gasteiger partial charge < -0.3 is 5.11 Å². The highest BCUT2D eigenvalue weighted by molar-refractivity contribution is 7.90. The molecule has 1 N–H and O–H groups in total. The van der Waals surface area contributed by atoms with Crippen LogP contribution in [0.5, 0.6) is 0 Å². The summed E-state index contributed by atoms with van der Waals surface area (Å²) in [4.78, 5) is 0.332. The molecule has 2 atom stereocenters. The number of aryl methyl sites for hydroxylation is 1.